The standard InChI is InChI=1S/C19H22N2O4S/c1-24-18(22)12-25-15-7-3-2-5-13(15)11-21-10-4-6-14(21)16-8-9-17(26-16)19(20)23/h2-3,5,7-9,14H,4,6,10-12H2,1H3,(H2,20,23)/t14-/m0/s1. The van der Waals surface area contributed by atoms with E-state index in [2.05, 4.69) is 9.64 Å². The minimum atomic E-state index is -0.406. The van der Waals surface area contributed by atoms with Gasteiger partial charge < -0.3 is 15.2 Å². The highest BCUT2D eigenvalue weighted by Gasteiger charge is 2.28. The second-order valence-corrected chi connectivity index (χ2v) is 7.28. The number of esters is 1. The average molecular weight is 374 g/mol. The molecule has 26 heavy (non-hydrogen) atoms. The molecule has 138 valence electrons. The molecule has 0 unspecified atom stereocenters. The number of thiophene rings is 1. The number of hydrogen-bond donors (Lipinski definition) is 1. The van der Waals surface area contributed by atoms with Crippen molar-refractivity contribution < 1.29 is 19.1 Å². The molecule has 2 heterocycles. The van der Waals surface area contributed by atoms with Gasteiger partial charge in [-0.1, -0.05) is 18.2 Å². The van der Waals surface area contributed by atoms with Crippen LogP contribution in [0.5, 0.6) is 5.75 Å². The number of para-hydroxylation sites is 1. The molecule has 0 spiro atoms. The molecule has 0 saturated carbocycles. The van der Waals surface area contributed by atoms with Crippen molar-refractivity contribution in [3.8, 4) is 5.75 Å². The Labute approximate surface area is 156 Å². The van der Waals surface area contributed by atoms with Crippen molar-refractivity contribution in [3.05, 3.63) is 51.7 Å². The smallest absolute Gasteiger partial charge is 0.343 e. The first-order chi connectivity index (χ1) is 12.6. The van der Waals surface area contributed by atoms with Crippen LogP contribution in [0.15, 0.2) is 36.4 Å². The zero-order valence-corrected chi connectivity index (χ0v) is 15.5. The van der Waals surface area contributed by atoms with E-state index in [1.807, 2.05) is 30.3 Å². The predicted molar refractivity (Wildman–Crippen MR) is 99.2 cm³/mol. The van der Waals surface area contributed by atoms with Gasteiger partial charge >= 0.3 is 5.97 Å². The van der Waals surface area contributed by atoms with E-state index >= 15 is 0 Å². The van der Waals surface area contributed by atoms with E-state index in [0.717, 1.165) is 29.8 Å². The number of carbonyl (C=O) groups is 2. The monoisotopic (exact) mass is 374 g/mol. The van der Waals surface area contributed by atoms with Crippen LogP contribution in [-0.2, 0) is 16.1 Å². The number of rotatable bonds is 7. The van der Waals surface area contributed by atoms with Gasteiger partial charge in [0.1, 0.15) is 5.75 Å². The van der Waals surface area contributed by atoms with Crippen LogP contribution in [0, 0.1) is 0 Å². The molecule has 1 atom stereocenters. The molecule has 1 saturated heterocycles. The second kappa shape index (κ2) is 8.33. The molecular weight excluding hydrogens is 352 g/mol. The lowest BCUT2D eigenvalue weighted by Gasteiger charge is -2.24. The van der Waals surface area contributed by atoms with Crippen molar-refractivity contribution >= 4 is 23.2 Å². The zero-order valence-electron chi connectivity index (χ0n) is 14.6. The summed E-state index contributed by atoms with van der Waals surface area (Å²) in [6, 6.07) is 11.8. The summed E-state index contributed by atoms with van der Waals surface area (Å²) < 4.78 is 10.2. The van der Waals surface area contributed by atoms with Gasteiger partial charge in [0.25, 0.3) is 5.91 Å². The molecule has 7 heteroatoms. The fraction of sp³-hybridized carbons (Fsp3) is 0.368. The van der Waals surface area contributed by atoms with Crippen LogP contribution in [-0.4, -0.2) is 37.0 Å². The SMILES string of the molecule is COC(=O)COc1ccccc1CN1CCC[C@H]1c1ccc(C(N)=O)s1. The van der Waals surface area contributed by atoms with Gasteiger partial charge in [0.05, 0.1) is 12.0 Å². The van der Waals surface area contributed by atoms with Crippen molar-refractivity contribution in [3.63, 3.8) is 0 Å². The Morgan fingerprint density at radius 2 is 2.08 bits per heavy atom. The normalized spacial score (nSPS) is 17.2. The van der Waals surface area contributed by atoms with E-state index in [9.17, 15) is 9.59 Å². The van der Waals surface area contributed by atoms with E-state index in [4.69, 9.17) is 10.5 Å². The molecule has 0 bridgehead atoms. The largest absolute Gasteiger partial charge is 0.482 e. The van der Waals surface area contributed by atoms with Gasteiger partial charge in [0.15, 0.2) is 6.61 Å². The Bertz CT molecular complexity index is 789. The maximum Gasteiger partial charge on any atom is 0.343 e. The molecular formula is C19H22N2O4S. The number of benzene rings is 1. The second-order valence-electron chi connectivity index (χ2n) is 6.17. The van der Waals surface area contributed by atoms with Gasteiger partial charge in [-0.2, -0.15) is 0 Å². The molecule has 1 aliphatic heterocycles. The van der Waals surface area contributed by atoms with Crippen LogP contribution in [0.25, 0.3) is 0 Å². The van der Waals surface area contributed by atoms with Gasteiger partial charge in [-0.25, -0.2) is 4.79 Å². The topological polar surface area (TPSA) is 81.9 Å². The van der Waals surface area contributed by atoms with Crippen LogP contribution in [0.1, 0.15) is 39.0 Å². The number of hydrogen-bond acceptors (Lipinski definition) is 6. The Morgan fingerprint density at radius 1 is 1.27 bits per heavy atom. The zero-order chi connectivity index (χ0) is 18.5. The highest BCUT2D eigenvalue weighted by Crippen LogP contribution is 2.37. The molecule has 1 aliphatic rings. The summed E-state index contributed by atoms with van der Waals surface area (Å²) in [5.74, 6) is -0.101. The third kappa shape index (κ3) is 4.23. The highest BCUT2D eigenvalue weighted by atomic mass is 32.1. The average Bonchev–Trinajstić information content (AvgIpc) is 3.29. The molecule has 3 rings (SSSR count). The van der Waals surface area contributed by atoms with Gasteiger partial charge in [-0.3, -0.25) is 9.69 Å². The maximum atomic E-state index is 11.4. The van der Waals surface area contributed by atoms with Crippen molar-refractivity contribution in [1.29, 1.82) is 0 Å². The first-order valence-corrected chi connectivity index (χ1v) is 9.31. The number of primary amides is 1. The fourth-order valence-electron chi connectivity index (χ4n) is 3.19. The van der Waals surface area contributed by atoms with E-state index in [1.165, 1.54) is 18.4 Å². The molecule has 0 radical (unpaired) electrons. The maximum absolute atomic E-state index is 11.4. The Hall–Kier alpha value is -2.38. The number of ether oxygens (including phenoxy) is 2. The molecule has 1 amide bonds. The molecule has 2 aromatic rings. The Morgan fingerprint density at radius 3 is 2.81 bits per heavy atom. The summed E-state index contributed by atoms with van der Waals surface area (Å²) in [7, 11) is 1.34. The van der Waals surface area contributed by atoms with E-state index < -0.39 is 5.97 Å². The Balaban J connectivity index is 1.73. The van der Waals surface area contributed by atoms with Crippen molar-refractivity contribution in [2.75, 3.05) is 20.3 Å². The van der Waals surface area contributed by atoms with Crippen molar-refractivity contribution in [1.82, 2.24) is 4.90 Å². The summed E-state index contributed by atoms with van der Waals surface area (Å²) in [6.07, 6.45) is 2.14. The molecule has 1 fully saturated rings. The van der Waals surface area contributed by atoms with Gasteiger partial charge in [-0.05, 0) is 37.6 Å². The summed E-state index contributed by atoms with van der Waals surface area (Å²) in [5.41, 5.74) is 6.40. The summed E-state index contributed by atoms with van der Waals surface area (Å²) in [4.78, 5) is 26.8. The third-order valence-corrected chi connectivity index (χ3v) is 5.68. The number of nitrogens with two attached hydrogens (primary N) is 1. The summed E-state index contributed by atoms with van der Waals surface area (Å²) >= 11 is 1.47. The fourth-order valence-corrected chi connectivity index (χ4v) is 4.22. The van der Waals surface area contributed by atoms with Crippen molar-refractivity contribution in [2.24, 2.45) is 5.73 Å². The number of carbonyl (C=O) groups excluding carboxylic acids is 2. The molecule has 2 N–H and O–H groups in total. The molecule has 0 aliphatic carbocycles. The predicted octanol–water partition coefficient (Wildman–Crippen LogP) is 2.74. The molecule has 1 aromatic carbocycles. The summed E-state index contributed by atoms with van der Waals surface area (Å²) in [6.45, 7) is 1.58. The van der Waals surface area contributed by atoms with Crippen LogP contribution in [0.3, 0.4) is 0 Å². The van der Waals surface area contributed by atoms with Crippen molar-refractivity contribution in [2.45, 2.75) is 25.4 Å². The van der Waals surface area contributed by atoms with Crippen LogP contribution < -0.4 is 10.5 Å². The van der Waals surface area contributed by atoms with Crippen LogP contribution in [0.2, 0.25) is 0 Å². The number of nitrogens with zero attached hydrogens (tertiary/aromatic N) is 1. The lowest BCUT2D eigenvalue weighted by Crippen LogP contribution is -2.23. The van der Waals surface area contributed by atoms with Gasteiger partial charge in [-0.15, -0.1) is 11.3 Å². The van der Waals surface area contributed by atoms with E-state index in [0.29, 0.717) is 17.2 Å². The summed E-state index contributed by atoms with van der Waals surface area (Å²) in [5, 5.41) is 0. The van der Waals surface area contributed by atoms with Gasteiger partial charge in [0.2, 0.25) is 0 Å². The quantitative estimate of drug-likeness (QED) is 0.754. The lowest BCUT2D eigenvalue weighted by atomic mass is 10.1. The van der Waals surface area contributed by atoms with Gasteiger partial charge in [0, 0.05) is 23.0 Å². The first kappa shape index (κ1) is 18.4. The molecule has 1 aromatic heterocycles. The lowest BCUT2D eigenvalue weighted by molar-refractivity contribution is -0.142. The van der Waals surface area contributed by atoms with Crippen LogP contribution in [0.4, 0.5) is 0 Å². The number of amides is 1. The minimum absolute atomic E-state index is 0.107. The third-order valence-electron chi connectivity index (χ3n) is 4.48. The highest BCUT2D eigenvalue weighted by molar-refractivity contribution is 7.14. The van der Waals surface area contributed by atoms with E-state index in [-0.39, 0.29) is 18.6 Å². The van der Waals surface area contributed by atoms with E-state index in [1.54, 1.807) is 6.07 Å². The molecule has 6 nitrogen and oxygen atoms in total. The minimum Gasteiger partial charge on any atom is -0.482 e. The first-order valence-electron chi connectivity index (χ1n) is 8.49. The number of likely N-dealkylation sites (tertiary alicyclic amines) is 1. The number of methoxy groups -OCH3 is 1. The Kier molecular flexibility index (Phi) is 5.90. The van der Waals surface area contributed by atoms with Crippen LogP contribution >= 0.6 is 11.3 Å².